The lowest BCUT2D eigenvalue weighted by atomic mass is 9.78. The molecule has 0 saturated carbocycles. The Bertz CT molecular complexity index is 259. The standard InChI is InChI=1S/C13H23NS/c1-13(2,3)11(10-14-4)7-8-12-6-5-9-15-12/h5-6,9,11,14H,7-8,10H2,1-4H3. The van der Waals surface area contributed by atoms with Gasteiger partial charge in [-0.1, -0.05) is 26.8 Å². The summed E-state index contributed by atoms with van der Waals surface area (Å²) in [5.41, 5.74) is 0.403. The highest BCUT2D eigenvalue weighted by molar-refractivity contribution is 7.09. The van der Waals surface area contributed by atoms with Crippen molar-refractivity contribution in [2.24, 2.45) is 11.3 Å². The summed E-state index contributed by atoms with van der Waals surface area (Å²) in [6.07, 6.45) is 2.51. The van der Waals surface area contributed by atoms with Gasteiger partial charge in [-0.05, 0) is 49.2 Å². The molecule has 1 atom stereocenters. The summed E-state index contributed by atoms with van der Waals surface area (Å²) in [4.78, 5) is 1.51. The van der Waals surface area contributed by atoms with Crippen molar-refractivity contribution in [3.8, 4) is 0 Å². The van der Waals surface area contributed by atoms with E-state index >= 15 is 0 Å². The second-order valence-electron chi connectivity index (χ2n) is 5.24. The van der Waals surface area contributed by atoms with Crippen LogP contribution >= 0.6 is 11.3 Å². The lowest BCUT2D eigenvalue weighted by Gasteiger charge is -2.30. The van der Waals surface area contributed by atoms with Crippen LogP contribution in [-0.4, -0.2) is 13.6 Å². The molecule has 1 N–H and O–H groups in total. The van der Waals surface area contributed by atoms with Crippen molar-refractivity contribution in [3.63, 3.8) is 0 Å². The molecule has 0 radical (unpaired) electrons. The predicted molar refractivity (Wildman–Crippen MR) is 69.5 cm³/mol. The number of nitrogens with one attached hydrogen (secondary N) is 1. The van der Waals surface area contributed by atoms with Gasteiger partial charge in [0.1, 0.15) is 0 Å². The third-order valence-corrected chi connectivity index (χ3v) is 3.93. The maximum absolute atomic E-state index is 3.31. The van der Waals surface area contributed by atoms with E-state index in [1.807, 2.05) is 18.4 Å². The molecule has 1 aromatic rings. The van der Waals surface area contributed by atoms with Gasteiger partial charge in [0.2, 0.25) is 0 Å². The van der Waals surface area contributed by atoms with Gasteiger partial charge in [0.15, 0.2) is 0 Å². The zero-order valence-electron chi connectivity index (χ0n) is 10.3. The van der Waals surface area contributed by atoms with Crippen LogP contribution in [0, 0.1) is 11.3 Å². The molecular weight excluding hydrogens is 202 g/mol. The SMILES string of the molecule is CNCC(CCc1cccs1)C(C)(C)C. The molecule has 1 aromatic heterocycles. The Morgan fingerprint density at radius 1 is 1.40 bits per heavy atom. The molecule has 0 saturated heterocycles. The Morgan fingerprint density at radius 3 is 2.60 bits per heavy atom. The summed E-state index contributed by atoms with van der Waals surface area (Å²) in [6, 6.07) is 4.38. The maximum atomic E-state index is 3.31. The highest BCUT2D eigenvalue weighted by Crippen LogP contribution is 2.29. The van der Waals surface area contributed by atoms with Crippen LogP contribution < -0.4 is 5.32 Å². The van der Waals surface area contributed by atoms with E-state index in [0.29, 0.717) is 5.41 Å². The molecule has 0 aromatic carbocycles. The van der Waals surface area contributed by atoms with Crippen molar-refractivity contribution in [2.75, 3.05) is 13.6 Å². The number of hydrogen-bond acceptors (Lipinski definition) is 2. The van der Waals surface area contributed by atoms with E-state index in [1.54, 1.807) is 0 Å². The molecule has 1 rings (SSSR count). The fourth-order valence-corrected chi connectivity index (χ4v) is 2.58. The van der Waals surface area contributed by atoms with Gasteiger partial charge in [-0.3, -0.25) is 0 Å². The first-order valence-corrected chi connectivity index (χ1v) is 6.59. The van der Waals surface area contributed by atoms with Gasteiger partial charge in [-0.2, -0.15) is 0 Å². The number of rotatable bonds is 5. The predicted octanol–water partition coefficient (Wildman–Crippen LogP) is 3.56. The summed E-state index contributed by atoms with van der Waals surface area (Å²) in [5.74, 6) is 0.754. The van der Waals surface area contributed by atoms with Crippen molar-refractivity contribution in [3.05, 3.63) is 22.4 Å². The molecular formula is C13H23NS. The first-order chi connectivity index (χ1) is 7.04. The van der Waals surface area contributed by atoms with Crippen LogP contribution in [0.5, 0.6) is 0 Å². The minimum absolute atomic E-state index is 0.403. The third-order valence-electron chi connectivity index (χ3n) is 2.99. The van der Waals surface area contributed by atoms with Gasteiger partial charge in [0.05, 0.1) is 0 Å². The Hall–Kier alpha value is -0.340. The zero-order valence-corrected chi connectivity index (χ0v) is 11.2. The first kappa shape index (κ1) is 12.7. The monoisotopic (exact) mass is 225 g/mol. The average molecular weight is 225 g/mol. The molecule has 0 aliphatic heterocycles. The Kier molecular flexibility index (Phi) is 4.81. The molecule has 0 aliphatic rings. The van der Waals surface area contributed by atoms with E-state index in [2.05, 4.69) is 43.6 Å². The molecule has 15 heavy (non-hydrogen) atoms. The van der Waals surface area contributed by atoms with E-state index in [4.69, 9.17) is 0 Å². The highest BCUT2D eigenvalue weighted by Gasteiger charge is 2.23. The average Bonchev–Trinajstić information content (AvgIpc) is 2.62. The smallest absolute Gasteiger partial charge is 0.00453 e. The number of aryl methyl sites for hydroxylation is 1. The topological polar surface area (TPSA) is 12.0 Å². The Balaban J connectivity index is 2.45. The van der Waals surface area contributed by atoms with Crippen LogP contribution in [0.15, 0.2) is 17.5 Å². The normalized spacial score (nSPS) is 14.1. The van der Waals surface area contributed by atoms with Crippen LogP contribution in [0.3, 0.4) is 0 Å². The van der Waals surface area contributed by atoms with Crippen molar-refractivity contribution in [1.29, 1.82) is 0 Å². The summed E-state index contributed by atoms with van der Waals surface area (Å²) < 4.78 is 0. The molecule has 0 spiro atoms. The molecule has 0 fully saturated rings. The highest BCUT2D eigenvalue weighted by atomic mass is 32.1. The van der Waals surface area contributed by atoms with Crippen LogP contribution in [0.25, 0.3) is 0 Å². The number of thiophene rings is 1. The van der Waals surface area contributed by atoms with E-state index < -0.39 is 0 Å². The zero-order chi connectivity index (χ0) is 11.3. The van der Waals surface area contributed by atoms with Gasteiger partial charge >= 0.3 is 0 Å². The third kappa shape index (κ3) is 4.35. The second-order valence-corrected chi connectivity index (χ2v) is 6.27. The molecule has 1 heterocycles. The summed E-state index contributed by atoms with van der Waals surface area (Å²) >= 11 is 1.87. The van der Waals surface area contributed by atoms with Crippen molar-refractivity contribution in [1.82, 2.24) is 5.32 Å². The van der Waals surface area contributed by atoms with Gasteiger partial charge in [-0.15, -0.1) is 11.3 Å². The molecule has 0 aliphatic carbocycles. The molecule has 1 unspecified atom stereocenters. The summed E-state index contributed by atoms with van der Waals surface area (Å²) in [6.45, 7) is 8.13. The van der Waals surface area contributed by atoms with E-state index in [-0.39, 0.29) is 0 Å². The number of hydrogen-bond donors (Lipinski definition) is 1. The largest absolute Gasteiger partial charge is 0.319 e. The Labute approximate surface area is 97.9 Å². The van der Waals surface area contributed by atoms with Crippen LogP contribution in [0.2, 0.25) is 0 Å². The van der Waals surface area contributed by atoms with Gasteiger partial charge in [-0.25, -0.2) is 0 Å². The van der Waals surface area contributed by atoms with Gasteiger partial charge in [0.25, 0.3) is 0 Å². The fraction of sp³-hybridized carbons (Fsp3) is 0.692. The second kappa shape index (κ2) is 5.66. The molecule has 2 heteroatoms. The quantitative estimate of drug-likeness (QED) is 0.808. The van der Waals surface area contributed by atoms with Crippen molar-refractivity contribution in [2.45, 2.75) is 33.6 Å². The molecule has 1 nitrogen and oxygen atoms in total. The molecule has 0 bridgehead atoms. The summed E-state index contributed by atoms with van der Waals surface area (Å²) in [7, 11) is 2.05. The molecule has 0 amide bonds. The van der Waals surface area contributed by atoms with Crippen molar-refractivity contribution < 1.29 is 0 Å². The summed E-state index contributed by atoms with van der Waals surface area (Å²) in [5, 5.41) is 5.47. The fourth-order valence-electron chi connectivity index (χ4n) is 1.86. The van der Waals surface area contributed by atoms with Gasteiger partial charge < -0.3 is 5.32 Å². The van der Waals surface area contributed by atoms with Crippen LogP contribution in [-0.2, 0) is 6.42 Å². The van der Waals surface area contributed by atoms with Crippen molar-refractivity contribution >= 4 is 11.3 Å². The lowest BCUT2D eigenvalue weighted by Crippen LogP contribution is -2.30. The molecule has 86 valence electrons. The Morgan fingerprint density at radius 2 is 2.13 bits per heavy atom. The maximum Gasteiger partial charge on any atom is 0.00453 e. The van der Waals surface area contributed by atoms with E-state index in [0.717, 1.165) is 12.5 Å². The van der Waals surface area contributed by atoms with E-state index in [9.17, 15) is 0 Å². The first-order valence-electron chi connectivity index (χ1n) is 5.71. The van der Waals surface area contributed by atoms with Gasteiger partial charge in [0, 0.05) is 4.88 Å². The van der Waals surface area contributed by atoms with Crippen LogP contribution in [0.4, 0.5) is 0 Å². The van der Waals surface area contributed by atoms with E-state index in [1.165, 1.54) is 17.7 Å². The minimum atomic E-state index is 0.403. The van der Waals surface area contributed by atoms with Crippen LogP contribution in [0.1, 0.15) is 32.1 Å². The minimum Gasteiger partial charge on any atom is -0.319 e. The lowest BCUT2D eigenvalue weighted by molar-refractivity contribution is 0.223.